The van der Waals surface area contributed by atoms with Gasteiger partial charge in [-0.3, -0.25) is 0 Å². The molecule has 0 radical (unpaired) electrons. The van der Waals surface area contributed by atoms with E-state index in [0.29, 0.717) is 5.82 Å². The Morgan fingerprint density at radius 3 is 2.59 bits per heavy atom. The Morgan fingerprint density at radius 1 is 1.29 bits per heavy atom. The van der Waals surface area contributed by atoms with Gasteiger partial charge in [-0.1, -0.05) is 0 Å². The largest absolute Gasteiger partial charge is 0.347 e. The molecule has 1 heterocycles. The van der Waals surface area contributed by atoms with E-state index in [-0.39, 0.29) is 11.4 Å². The lowest BCUT2D eigenvalue weighted by atomic mass is 10.4. The highest BCUT2D eigenvalue weighted by Crippen LogP contribution is 2.09. The lowest BCUT2D eigenvalue weighted by molar-refractivity contribution is 0.578. The van der Waals surface area contributed by atoms with Gasteiger partial charge in [0, 0.05) is 12.4 Å². The fourth-order valence-electron chi connectivity index (χ4n) is 1.26. The molecule has 0 aliphatic rings. The maximum Gasteiger partial charge on any atom is 0.240 e. The first-order valence-corrected chi connectivity index (χ1v) is 6.30. The minimum Gasteiger partial charge on any atom is -0.347 e. The predicted octanol–water partition coefficient (Wildman–Crippen LogP) is 1.03. The van der Waals surface area contributed by atoms with Gasteiger partial charge in [0.15, 0.2) is 0 Å². The van der Waals surface area contributed by atoms with Crippen molar-refractivity contribution in [3.8, 4) is 0 Å². The Bertz CT molecular complexity index is 579. The zero-order chi connectivity index (χ0) is 12.3. The normalized spacial score (nSPS) is 11.6. The van der Waals surface area contributed by atoms with E-state index in [2.05, 4.69) is 14.7 Å². The van der Waals surface area contributed by atoms with Crippen LogP contribution in [0.4, 0.5) is 4.39 Å². The Kier molecular flexibility index (Phi) is 3.21. The third-order valence-corrected chi connectivity index (χ3v) is 3.53. The number of benzene rings is 1. The van der Waals surface area contributed by atoms with Gasteiger partial charge >= 0.3 is 0 Å². The van der Waals surface area contributed by atoms with Gasteiger partial charge in [-0.05, 0) is 24.3 Å². The molecule has 90 valence electrons. The van der Waals surface area contributed by atoms with Crippen molar-refractivity contribution in [3.05, 3.63) is 48.3 Å². The number of aromatic nitrogens is 2. The van der Waals surface area contributed by atoms with Crippen molar-refractivity contribution in [1.82, 2.24) is 14.7 Å². The molecule has 0 atom stereocenters. The summed E-state index contributed by atoms with van der Waals surface area (Å²) in [7, 11) is -3.63. The number of rotatable bonds is 4. The molecule has 0 unspecified atom stereocenters. The molecule has 0 amide bonds. The SMILES string of the molecule is O=S(=O)(NCc1ncc[nH]1)c1ccc(F)cc1. The molecular formula is C10H10FN3O2S. The monoisotopic (exact) mass is 255 g/mol. The van der Waals surface area contributed by atoms with Crippen LogP contribution >= 0.6 is 0 Å². The van der Waals surface area contributed by atoms with Gasteiger partial charge in [-0.25, -0.2) is 22.5 Å². The highest BCUT2D eigenvalue weighted by atomic mass is 32.2. The van der Waals surface area contributed by atoms with Crippen molar-refractivity contribution in [1.29, 1.82) is 0 Å². The van der Waals surface area contributed by atoms with E-state index in [1.54, 1.807) is 6.20 Å². The van der Waals surface area contributed by atoms with Crippen molar-refractivity contribution in [2.45, 2.75) is 11.4 Å². The molecule has 2 rings (SSSR count). The first kappa shape index (κ1) is 11.7. The molecule has 0 aliphatic heterocycles. The molecular weight excluding hydrogens is 245 g/mol. The fourth-order valence-corrected chi connectivity index (χ4v) is 2.24. The van der Waals surface area contributed by atoms with Gasteiger partial charge in [0.05, 0.1) is 11.4 Å². The number of hydrogen-bond donors (Lipinski definition) is 2. The number of halogens is 1. The summed E-state index contributed by atoms with van der Waals surface area (Å²) in [6.07, 6.45) is 3.13. The summed E-state index contributed by atoms with van der Waals surface area (Å²) in [5.41, 5.74) is 0. The maximum atomic E-state index is 12.7. The number of aromatic amines is 1. The number of sulfonamides is 1. The second kappa shape index (κ2) is 4.64. The smallest absolute Gasteiger partial charge is 0.240 e. The first-order chi connectivity index (χ1) is 8.08. The summed E-state index contributed by atoms with van der Waals surface area (Å²) in [6.45, 7) is 0.0622. The van der Waals surface area contributed by atoms with Gasteiger partial charge in [-0.15, -0.1) is 0 Å². The van der Waals surface area contributed by atoms with Gasteiger partial charge in [0.2, 0.25) is 10.0 Å². The third-order valence-electron chi connectivity index (χ3n) is 2.11. The molecule has 0 saturated heterocycles. The van der Waals surface area contributed by atoms with Crippen LogP contribution in [-0.2, 0) is 16.6 Å². The molecule has 2 N–H and O–H groups in total. The van der Waals surface area contributed by atoms with E-state index in [4.69, 9.17) is 0 Å². The Morgan fingerprint density at radius 2 is 2.00 bits per heavy atom. The molecule has 0 aliphatic carbocycles. The second-order valence-electron chi connectivity index (χ2n) is 3.31. The quantitative estimate of drug-likeness (QED) is 0.856. The first-order valence-electron chi connectivity index (χ1n) is 4.81. The number of hydrogen-bond acceptors (Lipinski definition) is 3. The van der Waals surface area contributed by atoms with Crippen LogP contribution in [0.2, 0.25) is 0 Å². The number of nitrogens with zero attached hydrogens (tertiary/aromatic N) is 1. The lowest BCUT2D eigenvalue weighted by Crippen LogP contribution is -2.23. The number of H-pyrrole nitrogens is 1. The zero-order valence-corrected chi connectivity index (χ0v) is 9.54. The van der Waals surface area contributed by atoms with Crippen LogP contribution in [0, 0.1) is 5.82 Å². The van der Waals surface area contributed by atoms with Gasteiger partial charge < -0.3 is 4.98 Å². The minimum atomic E-state index is -3.63. The average molecular weight is 255 g/mol. The van der Waals surface area contributed by atoms with Gasteiger partial charge in [-0.2, -0.15) is 0 Å². The van der Waals surface area contributed by atoms with E-state index >= 15 is 0 Å². The molecule has 1 aromatic carbocycles. The van der Waals surface area contributed by atoms with E-state index in [9.17, 15) is 12.8 Å². The summed E-state index contributed by atoms with van der Waals surface area (Å²) >= 11 is 0. The molecule has 7 heteroatoms. The molecule has 1 aromatic heterocycles. The summed E-state index contributed by atoms with van der Waals surface area (Å²) in [5.74, 6) is 0.0330. The number of nitrogens with one attached hydrogen (secondary N) is 2. The number of imidazole rings is 1. The Balaban J connectivity index is 2.11. The van der Waals surface area contributed by atoms with Crippen LogP contribution in [0.3, 0.4) is 0 Å². The molecule has 0 bridgehead atoms. The molecule has 0 fully saturated rings. The van der Waals surface area contributed by atoms with E-state index in [1.165, 1.54) is 18.3 Å². The Hall–Kier alpha value is -1.73. The van der Waals surface area contributed by atoms with Crippen molar-refractivity contribution in [2.75, 3.05) is 0 Å². The minimum absolute atomic E-state index is 0.0189. The van der Waals surface area contributed by atoms with Crippen LogP contribution in [0.5, 0.6) is 0 Å². The van der Waals surface area contributed by atoms with Crippen LogP contribution in [0.15, 0.2) is 41.6 Å². The molecule has 17 heavy (non-hydrogen) atoms. The zero-order valence-electron chi connectivity index (χ0n) is 8.72. The van der Waals surface area contributed by atoms with E-state index in [1.807, 2.05) is 0 Å². The van der Waals surface area contributed by atoms with Crippen LogP contribution < -0.4 is 4.72 Å². The van der Waals surface area contributed by atoms with E-state index in [0.717, 1.165) is 12.1 Å². The highest BCUT2D eigenvalue weighted by molar-refractivity contribution is 7.89. The molecule has 0 spiro atoms. The van der Waals surface area contributed by atoms with E-state index < -0.39 is 15.8 Å². The summed E-state index contributed by atoms with van der Waals surface area (Å²) in [5, 5.41) is 0. The van der Waals surface area contributed by atoms with Gasteiger partial charge in [0.1, 0.15) is 11.6 Å². The van der Waals surface area contributed by atoms with Crippen LogP contribution in [-0.4, -0.2) is 18.4 Å². The third kappa shape index (κ3) is 2.89. The molecule has 5 nitrogen and oxygen atoms in total. The lowest BCUT2D eigenvalue weighted by Gasteiger charge is -2.04. The van der Waals surface area contributed by atoms with Gasteiger partial charge in [0.25, 0.3) is 0 Å². The van der Waals surface area contributed by atoms with Crippen molar-refractivity contribution in [3.63, 3.8) is 0 Å². The topological polar surface area (TPSA) is 74.8 Å². The van der Waals surface area contributed by atoms with Crippen molar-refractivity contribution < 1.29 is 12.8 Å². The van der Waals surface area contributed by atoms with Crippen LogP contribution in [0.25, 0.3) is 0 Å². The predicted molar refractivity (Wildman–Crippen MR) is 59.0 cm³/mol. The van der Waals surface area contributed by atoms with Crippen LogP contribution in [0.1, 0.15) is 5.82 Å². The second-order valence-corrected chi connectivity index (χ2v) is 5.08. The fraction of sp³-hybridized carbons (Fsp3) is 0.100. The maximum absolute atomic E-state index is 12.7. The average Bonchev–Trinajstić information content (AvgIpc) is 2.80. The summed E-state index contributed by atoms with van der Waals surface area (Å²) in [6, 6.07) is 4.61. The summed E-state index contributed by atoms with van der Waals surface area (Å²) < 4.78 is 38.5. The van der Waals surface area contributed by atoms with Crippen molar-refractivity contribution in [2.24, 2.45) is 0 Å². The molecule has 2 aromatic rings. The standard InChI is InChI=1S/C10H10FN3O2S/c11-8-1-3-9(4-2-8)17(15,16)14-7-10-12-5-6-13-10/h1-6,14H,7H2,(H,12,13). The summed E-state index contributed by atoms with van der Waals surface area (Å²) in [4.78, 5) is 6.68. The van der Waals surface area contributed by atoms with Crippen molar-refractivity contribution >= 4 is 10.0 Å². The Labute approximate surface area is 97.8 Å². The molecule has 0 saturated carbocycles. The highest BCUT2D eigenvalue weighted by Gasteiger charge is 2.13.